The topological polar surface area (TPSA) is 12.5 Å². The van der Waals surface area contributed by atoms with Gasteiger partial charge in [0.05, 0.1) is 0 Å². The van der Waals surface area contributed by atoms with Crippen molar-refractivity contribution in [1.29, 1.82) is 0 Å². The third-order valence-corrected chi connectivity index (χ3v) is 11.7. The van der Waals surface area contributed by atoms with E-state index in [-0.39, 0.29) is 10.8 Å². The van der Waals surface area contributed by atoms with E-state index in [1.165, 1.54) is 39.0 Å². The molecule has 0 fully saturated rings. The second-order valence-corrected chi connectivity index (χ2v) is 17.8. The minimum Gasteiger partial charge on any atom is -0.456 e. The smallest absolute Gasteiger partial charge is 0.135 e. The zero-order chi connectivity index (χ0) is 41.4. The van der Waals surface area contributed by atoms with Crippen LogP contribution in [0, 0.1) is 0 Å². The van der Waals surface area contributed by atoms with Crippen LogP contribution < -0.4 is 9.64 Å². The molecule has 0 bridgehead atoms. The summed E-state index contributed by atoms with van der Waals surface area (Å²) >= 11 is 0. The maximum atomic E-state index is 6.71. The first-order valence-corrected chi connectivity index (χ1v) is 21.0. The van der Waals surface area contributed by atoms with Gasteiger partial charge in [-0.15, -0.1) is 0 Å². The Morgan fingerprint density at radius 3 is 1.20 bits per heavy atom. The fraction of sp³-hybridized carbons (Fsp3) is 0.138. The van der Waals surface area contributed by atoms with E-state index >= 15 is 0 Å². The van der Waals surface area contributed by atoms with Crippen molar-refractivity contribution < 1.29 is 4.74 Å². The summed E-state index contributed by atoms with van der Waals surface area (Å²) in [5.41, 5.74) is 17.6. The number of anilines is 3. The highest BCUT2D eigenvalue weighted by Gasteiger charge is 2.28. The first kappa shape index (κ1) is 38.6. The number of hydrogen-bond acceptors (Lipinski definition) is 2. The molecule has 9 rings (SSSR count). The number of hydrogen-bond donors (Lipinski definition) is 0. The van der Waals surface area contributed by atoms with Crippen molar-refractivity contribution in [1.82, 2.24) is 0 Å². The summed E-state index contributed by atoms with van der Waals surface area (Å²) in [6, 6.07) is 72.4. The maximum Gasteiger partial charge on any atom is 0.135 e. The fourth-order valence-corrected chi connectivity index (χ4v) is 8.28. The minimum absolute atomic E-state index is 0.105. The summed E-state index contributed by atoms with van der Waals surface area (Å²) in [4.78, 5) is 2.36. The first-order valence-electron chi connectivity index (χ1n) is 21.0. The van der Waals surface area contributed by atoms with Gasteiger partial charge in [-0.05, 0) is 109 Å². The molecule has 0 atom stereocenters. The van der Waals surface area contributed by atoms with Gasteiger partial charge in [-0.3, -0.25) is 0 Å². The molecule has 60 heavy (non-hydrogen) atoms. The second kappa shape index (κ2) is 15.7. The zero-order valence-electron chi connectivity index (χ0n) is 35.4. The Kier molecular flexibility index (Phi) is 10.1. The van der Waals surface area contributed by atoms with Crippen molar-refractivity contribution in [2.24, 2.45) is 0 Å². The van der Waals surface area contributed by atoms with Crippen LogP contribution in [-0.2, 0) is 10.8 Å². The van der Waals surface area contributed by atoms with Crippen molar-refractivity contribution in [2.75, 3.05) is 4.90 Å². The molecule has 0 saturated heterocycles. The molecule has 8 aromatic rings. The molecule has 294 valence electrons. The number of para-hydroxylation sites is 1. The molecule has 0 amide bonds. The monoisotopic (exact) mass is 777 g/mol. The van der Waals surface area contributed by atoms with Crippen LogP contribution in [0.3, 0.4) is 0 Å². The van der Waals surface area contributed by atoms with E-state index in [9.17, 15) is 0 Å². The third kappa shape index (κ3) is 7.70. The SMILES string of the molecule is CC(C)(C)c1ccc(-c2ccc(N(c3ccc(-c4ccc(C(C)(C)C)cc4)cc3)c3ccc4c(c3)C(=C(c3ccccc3)c3ccccc3)c3ccccc3O4)cc2)cc1. The molecule has 2 heteroatoms. The van der Waals surface area contributed by atoms with Gasteiger partial charge in [-0.1, -0.05) is 193 Å². The Morgan fingerprint density at radius 2 is 0.750 bits per heavy atom. The highest BCUT2D eigenvalue weighted by Crippen LogP contribution is 2.50. The van der Waals surface area contributed by atoms with Gasteiger partial charge in [0.15, 0.2) is 0 Å². The van der Waals surface area contributed by atoms with Gasteiger partial charge in [-0.2, -0.15) is 0 Å². The molecule has 0 saturated carbocycles. The molecule has 0 unspecified atom stereocenters. The summed E-state index contributed by atoms with van der Waals surface area (Å²) in [6.45, 7) is 13.6. The van der Waals surface area contributed by atoms with Gasteiger partial charge in [0.25, 0.3) is 0 Å². The van der Waals surface area contributed by atoms with E-state index in [1.54, 1.807) is 0 Å². The van der Waals surface area contributed by atoms with Gasteiger partial charge in [0, 0.05) is 33.8 Å². The number of ether oxygens (including phenoxy) is 1. The van der Waals surface area contributed by atoms with E-state index < -0.39 is 0 Å². The number of rotatable bonds is 7. The molecule has 0 aliphatic carbocycles. The van der Waals surface area contributed by atoms with Crippen molar-refractivity contribution in [3.8, 4) is 33.8 Å². The van der Waals surface area contributed by atoms with Crippen LogP contribution in [0.1, 0.15) is 74.9 Å². The normalized spacial score (nSPS) is 12.3. The lowest BCUT2D eigenvalue weighted by atomic mass is 9.84. The van der Waals surface area contributed by atoms with Gasteiger partial charge in [0.1, 0.15) is 11.5 Å². The summed E-state index contributed by atoms with van der Waals surface area (Å²) in [5, 5.41) is 0. The quantitative estimate of drug-likeness (QED) is 0.160. The van der Waals surface area contributed by atoms with Crippen LogP contribution >= 0.6 is 0 Å². The van der Waals surface area contributed by atoms with Crippen molar-refractivity contribution in [3.63, 3.8) is 0 Å². The molecule has 0 spiro atoms. The van der Waals surface area contributed by atoms with Crippen molar-refractivity contribution in [3.05, 3.63) is 234 Å². The van der Waals surface area contributed by atoms with E-state index in [2.05, 4.69) is 241 Å². The van der Waals surface area contributed by atoms with Crippen LogP contribution in [0.2, 0.25) is 0 Å². The van der Waals surface area contributed by atoms with E-state index in [0.717, 1.165) is 56.4 Å². The largest absolute Gasteiger partial charge is 0.456 e. The van der Waals surface area contributed by atoms with Crippen LogP contribution in [0.25, 0.3) is 33.4 Å². The molecule has 1 heterocycles. The predicted octanol–water partition coefficient (Wildman–Crippen LogP) is 16.2. The lowest BCUT2D eigenvalue weighted by molar-refractivity contribution is 0.474. The standard InChI is InChI=1S/C58H51NO/c1-57(2,3)46-29-21-40(22-30-46)42-25-33-48(34-26-42)59(49-35-27-43(28-36-49)41-23-31-47(32-24-41)58(4,5)6)50-37-38-54-52(39-50)56(51-19-13-14-20-53(51)60-54)55(44-15-9-7-10-16-44)45-17-11-8-12-18-45/h7-39H,1-6H3. The Labute approximate surface area is 356 Å². The molecule has 0 aromatic heterocycles. The molecule has 1 aliphatic rings. The average Bonchev–Trinajstić information content (AvgIpc) is 3.27. The van der Waals surface area contributed by atoms with Crippen molar-refractivity contribution >= 4 is 28.2 Å². The highest BCUT2D eigenvalue weighted by molar-refractivity contribution is 6.08. The fourth-order valence-electron chi connectivity index (χ4n) is 8.28. The highest BCUT2D eigenvalue weighted by atomic mass is 16.5. The van der Waals surface area contributed by atoms with Gasteiger partial charge in [0.2, 0.25) is 0 Å². The van der Waals surface area contributed by atoms with E-state index in [4.69, 9.17) is 4.74 Å². The zero-order valence-corrected chi connectivity index (χ0v) is 35.4. The Bertz CT molecular complexity index is 2640. The molecule has 1 aliphatic heterocycles. The summed E-state index contributed by atoms with van der Waals surface area (Å²) in [7, 11) is 0. The number of fused-ring (bicyclic) bond motifs is 2. The van der Waals surface area contributed by atoms with Crippen molar-refractivity contribution in [2.45, 2.75) is 52.4 Å². The molecule has 2 nitrogen and oxygen atoms in total. The first-order chi connectivity index (χ1) is 29.0. The predicted molar refractivity (Wildman–Crippen MR) is 254 cm³/mol. The number of nitrogens with zero attached hydrogens (tertiary/aromatic N) is 1. The molecular formula is C58H51NO. The molecule has 0 radical (unpaired) electrons. The lowest BCUT2D eigenvalue weighted by Gasteiger charge is -2.30. The molecule has 8 aromatic carbocycles. The molecular weight excluding hydrogens is 727 g/mol. The number of benzene rings is 8. The van der Waals surface area contributed by atoms with Crippen LogP contribution in [-0.4, -0.2) is 0 Å². The van der Waals surface area contributed by atoms with Crippen LogP contribution in [0.4, 0.5) is 17.1 Å². The second-order valence-electron chi connectivity index (χ2n) is 17.8. The average molecular weight is 778 g/mol. The summed E-state index contributed by atoms with van der Waals surface area (Å²) in [5.74, 6) is 1.69. The van der Waals surface area contributed by atoms with Gasteiger partial charge < -0.3 is 9.64 Å². The Morgan fingerprint density at radius 1 is 0.367 bits per heavy atom. The third-order valence-electron chi connectivity index (χ3n) is 11.7. The van der Waals surface area contributed by atoms with E-state index in [0.29, 0.717) is 0 Å². The summed E-state index contributed by atoms with van der Waals surface area (Å²) in [6.07, 6.45) is 0. The maximum absolute atomic E-state index is 6.71. The van der Waals surface area contributed by atoms with Crippen LogP contribution in [0.5, 0.6) is 11.5 Å². The summed E-state index contributed by atoms with van der Waals surface area (Å²) < 4.78 is 6.71. The van der Waals surface area contributed by atoms with E-state index in [1.807, 2.05) is 6.07 Å². The minimum atomic E-state index is 0.105. The van der Waals surface area contributed by atoms with Gasteiger partial charge in [-0.25, -0.2) is 0 Å². The molecule has 0 N–H and O–H groups in total. The van der Waals surface area contributed by atoms with Crippen LogP contribution in [0.15, 0.2) is 200 Å². The van der Waals surface area contributed by atoms with Gasteiger partial charge >= 0.3 is 0 Å². The Balaban J connectivity index is 1.20. The lowest BCUT2D eigenvalue weighted by Crippen LogP contribution is -2.12. The Hall–Kier alpha value is -6.90.